The van der Waals surface area contributed by atoms with E-state index in [4.69, 9.17) is 0 Å². The molecule has 0 saturated carbocycles. The van der Waals surface area contributed by atoms with Crippen LogP contribution in [0.1, 0.15) is 10.4 Å². The summed E-state index contributed by atoms with van der Waals surface area (Å²) in [6.45, 7) is 0. The van der Waals surface area contributed by atoms with Crippen LogP contribution in [-0.2, 0) is 0 Å². The summed E-state index contributed by atoms with van der Waals surface area (Å²) in [5.41, 5.74) is 0.900. The highest BCUT2D eigenvalue weighted by molar-refractivity contribution is 9.10. The third kappa shape index (κ3) is 2.79. The minimum Gasteiger partial charge on any atom is -0.619 e. The molecule has 0 fully saturated rings. The van der Waals surface area contributed by atoms with E-state index < -0.39 is 0 Å². The van der Waals surface area contributed by atoms with Crippen LogP contribution in [0.4, 0.5) is 5.69 Å². The van der Waals surface area contributed by atoms with Gasteiger partial charge in [-0.05, 0) is 28.1 Å². The Morgan fingerprint density at radius 3 is 3.00 bits per heavy atom. The first-order valence-corrected chi connectivity index (χ1v) is 5.56. The molecule has 5 nitrogen and oxygen atoms in total. The molecule has 2 aromatic heterocycles. The van der Waals surface area contributed by atoms with Crippen LogP contribution < -0.4 is 10.0 Å². The van der Waals surface area contributed by atoms with Gasteiger partial charge < -0.3 is 10.5 Å². The standard InChI is InChI=1S/C11H8BrN3O2/c12-9-6-13-4-3-10(9)14-11(16)8-2-1-5-15(17)7-8/h1-7H,(H,13,14,16). The largest absolute Gasteiger partial charge is 0.619 e. The Bertz CT molecular complexity index is 560. The van der Waals surface area contributed by atoms with Gasteiger partial charge in [-0.2, -0.15) is 4.73 Å². The molecule has 0 unspecified atom stereocenters. The highest BCUT2D eigenvalue weighted by atomic mass is 79.9. The number of hydrogen-bond donors (Lipinski definition) is 1. The predicted octanol–water partition coefficient (Wildman–Crippen LogP) is 1.73. The lowest BCUT2D eigenvalue weighted by molar-refractivity contribution is -0.605. The summed E-state index contributed by atoms with van der Waals surface area (Å²) in [6.07, 6.45) is 5.68. The van der Waals surface area contributed by atoms with Gasteiger partial charge in [-0.25, -0.2) is 0 Å². The average Bonchev–Trinajstić information content (AvgIpc) is 2.32. The summed E-state index contributed by atoms with van der Waals surface area (Å²) < 4.78 is 1.26. The molecule has 17 heavy (non-hydrogen) atoms. The molecule has 0 spiro atoms. The molecule has 0 aliphatic rings. The zero-order valence-electron chi connectivity index (χ0n) is 8.63. The molecule has 1 amide bonds. The Morgan fingerprint density at radius 1 is 1.47 bits per heavy atom. The maximum atomic E-state index is 11.8. The van der Waals surface area contributed by atoms with Crippen LogP contribution in [0.5, 0.6) is 0 Å². The van der Waals surface area contributed by atoms with Crippen molar-refractivity contribution < 1.29 is 9.52 Å². The number of anilines is 1. The number of carbonyl (C=O) groups is 1. The van der Waals surface area contributed by atoms with Crippen LogP contribution in [0.15, 0.2) is 47.5 Å². The highest BCUT2D eigenvalue weighted by Crippen LogP contribution is 2.20. The lowest BCUT2D eigenvalue weighted by atomic mass is 10.2. The number of hydrogen-bond acceptors (Lipinski definition) is 3. The maximum absolute atomic E-state index is 11.8. The molecule has 0 bridgehead atoms. The number of pyridine rings is 2. The first-order chi connectivity index (χ1) is 8.16. The third-order valence-corrected chi connectivity index (χ3v) is 2.69. The van der Waals surface area contributed by atoms with E-state index in [0.717, 1.165) is 0 Å². The molecule has 0 saturated heterocycles. The van der Waals surface area contributed by atoms with Gasteiger partial charge in [0.1, 0.15) is 5.56 Å². The number of nitrogens with one attached hydrogen (secondary N) is 1. The normalized spacial score (nSPS) is 9.94. The van der Waals surface area contributed by atoms with Crippen molar-refractivity contribution in [3.8, 4) is 0 Å². The van der Waals surface area contributed by atoms with Crippen molar-refractivity contribution in [3.63, 3.8) is 0 Å². The molecule has 6 heteroatoms. The lowest BCUT2D eigenvalue weighted by Gasteiger charge is -2.06. The fourth-order valence-corrected chi connectivity index (χ4v) is 1.61. The van der Waals surface area contributed by atoms with Crippen LogP contribution in [0.25, 0.3) is 0 Å². The maximum Gasteiger partial charge on any atom is 0.261 e. The van der Waals surface area contributed by atoms with Gasteiger partial charge in [0.05, 0.1) is 10.2 Å². The van der Waals surface area contributed by atoms with E-state index in [0.29, 0.717) is 20.5 Å². The van der Waals surface area contributed by atoms with E-state index in [-0.39, 0.29) is 5.91 Å². The van der Waals surface area contributed by atoms with Gasteiger partial charge in [0, 0.05) is 18.5 Å². The molecule has 2 aromatic rings. The van der Waals surface area contributed by atoms with E-state index in [2.05, 4.69) is 26.2 Å². The van der Waals surface area contributed by atoms with Gasteiger partial charge >= 0.3 is 0 Å². The number of halogens is 1. The summed E-state index contributed by atoms with van der Waals surface area (Å²) in [5.74, 6) is -0.345. The zero-order chi connectivity index (χ0) is 12.3. The smallest absolute Gasteiger partial charge is 0.261 e. The molecular formula is C11H8BrN3O2. The summed E-state index contributed by atoms with van der Waals surface area (Å²) in [6, 6.07) is 4.75. The minimum absolute atomic E-state index is 0.297. The van der Waals surface area contributed by atoms with Crippen LogP contribution in [0.2, 0.25) is 0 Å². The predicted molar refractivity (Wildman–Crippen MR) is 65.3 cm³/mol. The first kappa shape index (κ1) is 11.5. The Morgan fingerprint density at radius 2 is 2.29 bits per heavy atom. The van der Waals surface area contributed by atoms with Gasteiger partial charge in [-0.1, -0.05) is 0 Å². The van der Waals surface area contributed by atoms with E-state index in [1.54, 1.807) is 24.5 Å². The van der Waals surface area contributed by atoms with Gasteiger partial charge in [0.15, 0.2) is 12.4 Å². The van der Waals surface area contributed by atoms with Crippen molar-refractivity contribution in [2.75, 3.05) is 5.32 Å². The second kappa shape index (κ2) is 4.92. The summed E-state index contributed by atoms with van der Waals surface area (Å²) >= 11 is 3.27. The Labute approximate surface area is 106 Å². The average molecular weight is 294 g/mol. The van der Waals surface area contributed by atoms with Crippen LogP contribution >= 0.6 is 15.9 Å². The molecule has 0 atom stereocenters. The van der Waals surface area contributed by atoms with E-state index in [9.17, 15) is 10.0 Å². The van der Waals surface area contributed by atoms with E-state index in [1.165, 1.54) is 18.5 Å². The molecule has 0 aliphatic carbocycles. The molecule has 2 heterocycles. The molecule has 0 radical (unpaired) electrons. The Balaban J connectivity index is 2.20. The van der Waals surface area contributed by atoms with Crippen molar-refractivity contribution in [1.29, 1.82) is 0 Å². The van der Waals surface area contributed by atoms with Gasteiger partial charge in [0.2, 0.25) is 0 Å². The minimum atomic E-state index is -0.345. The molecule has 2 rings (SSSR count). The second-order valence-electron chi connectivity index (χ2n) is 3.26. The summed E-state index contributed by atoms with van der Waals surface area (Å²) in [7, 11) is 0. The molecule has 0 aliphatic heterocycles. The fourth-order valence-electron chi connectivity index (χ4n) is 1.26. The summed E-state index contributed by atoms with van der Waals surface area (Å²) in [4.78, 5) is 15.7. The molecule has 86 valence electrons. The van der Waals surface area contributed by atoms with Crippen molar-refractivity contribution in [2.24, 2.45) is 0 Å². The van der Waals surface area contributed by atoms with E-state index in [1.807, 2.05) is 0 Å². The number of carbonyl (C=O) groups excluding carboxylic acids is 1. The highest BCUT2D eigenvalue weighted by Gasteiger charge is 2.10. The van der Waals surface area contributed by atoms with Crippen LogP contribution in [-0.4, -0.2) is 10.9 Å². The van der Waals surface area contributed by atoms with Crippen molar-refractivity contribution in [1.82, 2.24) is 4.98 Å². The number of rotatable bonds is 2. The lowest BCUT2D eigenvalue weighted by Crippen LogP contribution is -2.27. The first-order valence-electron chi connectivity index (χ1n) is 4.76. The number of amides is 1. The Kier molecular flexibility index (Phi) is 3.34. The Hall–Kier alpha value is -1.95. The van der Waals surface area contributed by atoms with Crippen molar-refractivity contribution in [3.05, 3.63) is 58.2 Å². The van der Waals surface area contributed by atoms with Crippen LogP contribution in [0, 0.1) is 5.21 Å². The van der Waals surface area contributed by atoms with Crippen molar-refractivity contribution >= 4 is 27.5 Å². The quantitative estimate of drug-likeness (QED) is 0.677. The zero-order valence-corrected chi connectivity index (χ0v) is 10.2. The monoisotopic (exact) mass is 293 g/mol. The molecule has 1 N–H and O–H groups in total. The topological polar surface area (TPSA) is 68.9 Å². The van der Waals surface area contributed by atoms with Crippen LogP contribution in [0.3, 0.4) is 0 Å². The van der Waals surface area contributed by atoms with E-state index >= 15 is 0 Å². The number of nitrogens with zero attached hydrogens (tertiary/aromatic N) is 2. The summed E-state index contributed by atoms with van der Waals surface area (Å²) in [5, 5.41) is 13.7. The number of aromatic nitrogens is 2. The fraction of sp³-hybridized carbons (Fsp3) is 0. The van der Waals surface area contributed by atoms with Gasteiger partial charge in [-0.3, -0.25) is 9.78 Å². The van der Waals surface area contributed by atoms with Crippen molar-refractivity contribution in [2.45, 2.75) is 0 Å². The second-order valence-corrected chi connectivity index (χ2v) is 4.12. The third-order valence-electron chi connectivity index (χ3n) is 2.06. The molecular weight excluding hydrogens is 286 g/mol. The van der Waals surface area contributed by atoms with Gasteiger partial charge in [-0.15, -0.1) is 0 Å². The SMILES string of the molecule is O=C(Nc1ccncc1Br)c1ccc[n+]([O-])c1. The van der Waals surface area contributed by atoms with Gasteiger partial charge in [0.25, 0.3) is 5.91 Å². The molecule has 0 aromatic carbocycles.